The highest BCUT2D eigenvalue weighted by Crippen LogP contribution is 2.43. The molecule has 2 aromatic heterocycles. The second-order valence-corrected chi connectivity index (χ2v) is 10.4. The first-order valence-corrected chi connectivity index (χ1v) is 12.2. The molecule has 2 N–H and O–H groups in total. The average molecular weight is 541 g/mol. The number of halogens is 2. The van der Waals surface area contributed by atoms with E-state index in [1.165, 1.54) is 18.2 Å². The molecule has 0 aliphatic carbocycles. The van der Waals surface area contributed by atoms with Crippen molar-refractivity contribution in [3.63, 3.8) is 0 Å². The topological polar surface area (TPSA) is 74.6 Å². The number of rotatable bonds is 3. The molecule has 8 heteroatoms. The van der Waals surface area contributed by atoms with Crippen LogP contribution in [0.2, 0.25) is 0 Å². The van der Waals surface area contributed by atoms with Crippen molar-refractivity contribution in [3.8, 4) is 10.1 Å². The first-order chi connectivity index (χ1) is 15.9. The molecule has 0 spiro atoms. The third kappa shape index (κ3) is 3.64. The normalized spacial score (nSPS) is 11.5. The molecule has 3 aromatic carbocycles. The Morgan fingerprint density at radius 1 is 0.758 bits per heavy atom. The van der Waals surface area contributed by atoms with Gasteiger partial charge in [-0.2, -0.15) is 0 Å². The summed E-state index contributed by atoms with van der Waals surface area (Å²) >= 11 is 5.25. The monoisotopic (exact) mass is 540 g/mol. The van der Waals surface area contributed by atoms with Gasteiger partial charge in [-0.25, -0.2) is 4.39 Å². The minimum absolute atomic E-state index is 0.00543. The highest BCUT2D eigenvalue weighted by Gasteiger charge is 2.32. The summed E-state index contributed by atoms with van der Waals surface area (Å²) in [5.41, 5.74) is -1.35. The minimum Gasteiger partial charge on any atom is -0.499 e. The molecule has 0 atom stereocenters. The molecule has 164 valence electrons. The van der Waals surface area contributed by atoms with Crippen molar-refractivity contribution >= 4 is 58.8 Å². The van der Waals surface area contributed by atoms with Crippen LogP contribution in [-0.4, -0.2) is 10.2 Å². The molecule has 0 saturated heterocycles. The van der Waals surface area contributed by atoms with Crippen molar-refractivity contribution in [2.45, 2.75) is 5.92 Å². The van der Waals surface area contributed by atoms with Crippen LogP contribution in [0.3, 0.4) is 0 Å². The molecule has 2 heterocycles. The first kappa shape index (κ1) is 21.8. The molecule has 33 heavy (non-hydrogen) atoms. The van der Waals surface area contributed by atoms with E-state index in [-0.39, 0.29) is 26.8 Å². The molecule has 0 bridgehead atoms. The van der Waals surface area contributed by atoms with Crippen molar-refractivity contribution in [3.05, 3.63) is 114 Å². The van der Waals surface area contributed by atoms with Gasteiger partial charge in [0.1, 0.15) is 5.82 Å². The van der Waals surface area contributed by atoms with Crippen LogP contribution in [0, 0.1) is 5.82 Å². The van der Waals surface area contributed by atoms with Crippen LogP contribution in [0.4, 0.5) is 4.39 Å². The Kier molecular flexibility index (Phi) is 5.52. The lowest BCUT2D eigenvalue weighted by atomic mass is 9.85. The van der Waals surface area contributed by atoms with Gasteiger partial charge in [0.25, 0.3) is 0 Å². The van der Waals surface area contributed by atoms with Crippen LogP contribution < -0.4 is 10.9 Å². The lowest BCUT2D eigenvalue weighted by Crippen LogP contribution is -2.22. The molecular weight excluding hydrogens is 527 g/mol. The highest BCUT2D eigenvalue weighted by molar-refractivity contribution is 9.10. The summed E-state index contributed by atoms with van der Waals surface area (Å²) in [6.45, 7) is 0. The molecule has 0 unspecified atom stereocenters. The standard InChI is InChI=1S/C25H14BrFO4S2/c26-12-9-10-16(27)15(11-12)19(20-22(28)13-5-1-3-7-17(13)32-24(20)30)21-23(29)14-6-2-4-8-18(14)33-25(21)31/h1-11,19,30-31H. The summed E-state index contributed by atoms with van der Waals surface area (Å²) in [4.78, 5) is 27.1. The summed E-state index contributed by atoms with van der Waals surface area (Å²) in [6, 6.07) is 17.7. The lowest BCUT2D eigenvalue weighted by Gasteiger charge is -2.20. The summed E-state index contributed by atoms with van der Waals surface area (Å²) in [6.07, 6.45) is 0. The molecule has 0 aliphatic rings. The van der Waals surface area contributed by atoms with Crippen LogP contribution in [0.1, 0.15) is 22.6 Å². The molecule has 0 fully saturated rings. The summed E-state index contributed by atoms with van der Waals surface area (Å²) < 4.78 is 16.8. The van der Waals surface area contributed by atoms with Gasteiger partial charge in [-0.05, 0) is 42.5 Å². The minimum atomic E-state index is -1.32. The van der Waals surface area contributed by atoms with Crippen molar-refractivity contribution in [2.75, 3.05) is 0 Å². The summed E-state index contributed by atoms with van der Waals surface area (Å²) in [5, 5.41) is 21.9. The average Bonchev–Trinajstić information content (AvgIpc) is 2.79. The Hall–Kier alpha value is -3.07. The maximum Gasteiger partial charge on any atom is 0.195 e. The van der Waals surface area contributed by atoms with Crippen molar-refractivity contribution < 1.29 is 14.6 Å². The molecule has 0 amide bonds. The van der Waals surface area contributed by atoms with Crippen LogP contribution in [0.25, 0.3) is 20.2 Å². The van der Waals surface area contributed by atoms with Gasteiger partial charge >= 0.3 is 0 Å². The van der Waals surface area contributed by atoms with Gasteiger partial charge in [-0.15, -0.1) is 0 Å². The molecular formula is C25H14BrFO4S2. The quantitative estimate of drug-likeness (QED) is 0.280. The predicted octanol–water partition coefficient (Wildman–Crippen LogP) is 6.33. The van der Waals surface area contributed by atoms with E-state index >= 15 is 4.39 Å². The fraction of sp³-hybridized carbons (Fsp3) is 0.0400. The SMILES string of the molecule is O=c1c(C(c2cc(Br)ccc2F)c2c(O)sc3ccccc3c2=O)c(O)sc2ccccc12. The van der Waals surface area contributed by atoms with Gasteiger partial charge < -0.3 is 10.2 Å². The third-order valence-corrected chi connectivity index (χ3v) is 7.94. The Morgan fingerprint density at radius 3 is 1.76 bits per heavy atom. The highest BCUT2D eigenvalue weighted by atomic mass is 79.9. The van der Waals surface area contributed by atoms with Gasteiger partial charge in [-0.1, -0.05) is 62.9 Å². The zero-order valence-corrected chi connectivity index (χ0v) is 19.9. The first-order valence-electron chi connectivity index (χ1n) is 9.81. The predicted molar refractivity (Wildman–Crippen MR) is 135 cm³/mol. The molecule has 0 radical (unpaired) electrons. The molecule has 5 aromatic rings. The van der Waals surface area contributed by atoms with Gasteiger partial charge in [0.15, 0.2) is 21.0 Å². The number of fused-ring (bicyclic) bond motifs is 2. The van der Waals surface area contributed by atoms with Crippen LogP contribution in [0.15, 0.2) is 80.8 Å². The largest absolute Gasteiger partial charge is 0.499 e. The van der Waals surface area contributed by atoms with E-state index in [0.717, 1.165) is 22.7 Å². The van der Waals surface area contributed by atoms with Crippen LogP contribution in [-0.2, 0) is 0 Å². The van der Waals surface area contributed by atoms with Gasteiger partial charge in [-0.3, -0.25) is 9.59 Å². The van der Waals surface area contributed by atoms with Crippen LogP contribution in [0.5, 0.6) is 10.1 Å². The zero-order chi connectivity index (χ0) is 23.3. The van der Waals surface area contributed by atoms with Crippen LogP contribution >= 0.6 is 38.6 Å². The second-order valence-electron chi connectivity index (χ2n) is 7.39. The van der Waals surface area contributed by atoms with Crippen molar-refractivity contribution in [1.29, 1.82) is 0 Å². The molecule has 0 aliphatic heterocycles. The van der Waals surface area contributed by atoms with E-state index in [0.29, 0.717) is 24.6 Å². The lowest BCUT2D eigenvalue weighted by molar-refractivity contribution is 0.471. The Labute approximate surface area is 203 Å². The van der Waals surface area contributed by atoms with Gasteiger partial charge in [0, 0.05) is 30.2 Å². The number of benzene rings is 3. The van der Waals surface area contributed by atoms with E-state index in [9.17, 15) is 19.8 Å². The third-order valence-electron chi connectivity index (χ3n) is 5.47. The van der Waals surface area contributed by atoms with E-state index in [1.54, 1.807) is 48.5 Å². The zero-order valence-electron chi connectivity index (χ0n) is 16.7. The fourth-order valence-electron chi connectivity index (χ4n) is 3.99. The summed E-state index contributed by atoms with van der Waals surface area (Å²) in [7, 11) is 0. The smallest absolute Gasteiger partial charge is 0.195 e. The number of aromatic hydroxyl groups is 2. The van der Waals surface area contributed by atoms with Gasteiger partial charge in [0.2, 0.25) is 0 Å². The van der Waals surface area contributed by atoms with Crippen molar-refractivity contribution in [1.82, 2.24) is 0 Å². The molecule has 4 nitrogen and oxygen atoms in total. The van der Waals surface area contributed by atoms with Gasteiger partial charge in [0.05, 0.1) is 17.0 Å². The van der Waals surface area contributed by atoms with Crippen molar-refractivity contribution in [2.24, 2.45) is 0 Å². The maximum atomic E-state index is 15.2. The number of hydrogen-bond acceptors (Lipinski definition) is 6. The number of hydrogen-bond donors (Lipinski definition) is 2. The van der Waals surface area contributed by atoms with E-state index in [2.05, 4.69) is 15.9 Å². The summed E-state index contributed by atoms with van der Waals surface area (Å²) in [5.74, 6) is -1.98. The maximum absolute atomic E-state index is 15.2. The second kappa shape index (κ2) is 8.37. The Morgan fingerprint density at radius 2 is 1.24 bits per heavy atom. The van der Waals surface area contributed by atoms with E-state index in [4.69, 9.17) is 0 Å². The Bertz CT molecular complexity index is 1580. The Balaban J connectivity index is 1.95. The van der Waals surface area contributed by atoms with E-state index < -0.39 is 22.6 Å². The fourth-order valence-corrected chi connectivity index (χ4v) is 6.26. The van der Waals surface area contributed by atoms with E-state index in [1.807, 2.05) is 0 Å². The molecule has 0 saturated carbocycles. The molecule has 5 rings (SSSR count).